The number of aromatic nitrogens is 4. The molecule has 4 aromatic rings. The highest BCUT2D eigenvalue weighted by molar-refractivity contribution is 7.21. The van der Waals surface area contributed by atoms with Crippen molar-refractivity contribution in [2.75, 3.05) is 18.8 Å². The summed E-state index contributed by atoms with van der Waals surface area (Å²) in [5, 5.41) is 0.748. The maximum atomic E-state index is 13.0. The molecule has 1 aliphatic heterocycles. The van der Waals surface area contributed by atoms with Crippen LogP contribution in [0.1, 0.15) is 28.9 Å². The molecule has 1 saturated heterocycles. The van der Waals surface area contributed by atoms with Crippen molar-refractivity contribution in [1.29, 1.82) is 0 Å². The molecule has 5 rings (SSSR count). The summed E-state index contributed by atoms with van der Waals surface area (Å²) in [5.74, 6) is 0.740. The Bertz CT molecular complexity index is 1140. The monoisotopic (exact) mass is 378 g/mol. The first-order valence-electron chi connectivity index (χ1n) is 8.99. The van der Waals surface area contributed by atoms with Gasteiger partial charge in [0.05, 0.1) is 11.1 Å². The molecular formula is C19H18N6OS. The number of carbonyl (C=O) groups is 1. The zero-order valence-electron chi connectivity index (χ0n) is 14.6. The standard InChI is InChI=1S/C19H18N6OS/c20-14-13-17-22-7-10-25(17)16(12-5-4-6-21-11-12)23-18(13)27-15(14)19(26)24-8-2-1-3-9-24/h4-7,10-11H,1-3,8-9,20H2. The number of hydrogen-bond donors (Lipinski definition) is 1. The molecule has 0 saturated carbocycles. The zero-order valence-corrected chi connectivity index (χ0v) is 15.4. The van der Waals surface area contributed by atoms with Gasteiger partial charge < -0.3 is 10.6 Å². The van der Waals surface area contributed by atoms with Gasteiger partial charge in [-0.3, -0.25) is 14.2 Å². The van der Waals surface area contributed by atoms with Gasteiger partial charge in [-0.15, -0.1) is 11.3 Å². The molecule has 0 aromatic carbocycles. The Kier molecular flexibility index (Phi) is 3.78. The number of piperidine rings is 1. The van der Waals surface area contributed by atoms with Gasteiger partial charge in [-0.1, -0.05) is 0 Å². The van der Waals surface area contributed by atoms with Gasteiger partial charge in [-0.25, -0.2) is 9.97 Å². The van der Waals surface area contributed by atoms with Crippen LogP contribution in [-0.4, -0.2) is 43.2 Å². The predicted molar refractivity (Wildman–Crippen MR) is 106 cm³/mol. The predicted octanol–water partition coefficient (Wildman–Crippen LogP) is 3.21. The molecule has 1 fully saturated rings. The second kappa shape index (κ2) is 6.31. The molecular weight excluding hydrogens is 360 g/mol. The van der Waals surface area contributed by atoms with E-state index >= 15 is 0 Å². The van der Waals surface area contributed by atoms with Crippen LogP contribution >= 0.6 is 11.3 Å². The number of pyridine rings is 1. The number of anilines is 1. The summed E-state index contributed by atoms with van der Waals surface area (Å²) in [6.45, 7) is 1.58. The van der Waals surface area contributed by atoms with E-state index in [1.807, 2.05) is 27.6 Å². The Morgan fingerprint density at radius 3 is 2.81 bits per heavy atom. The molecule has 4 aromatic heterocycles. The maximum absolute atomic E-state index is 13.0. The lowest BCUT2D eigenvalue weighted by atomic mass is 10.1. The van der Waals surface area contributed by atoms with Crippen molar-refractivity contribution < 1.29 is 4.79 Å². The van der Waals surface area contributed by atoms with Crippen molar-refractivity contribution in [3.63, 3.8) is 0 Å². The summed E-state index contributed by atoms with van der Waals surface area (Å²) in [5.41, 5.74) is 8.50. The number of likely N-dealkylation sites (tertiary alicyclic amines) is 1. The van der Waals surface area contributed by atoms with Crippen LogP contribution in [0.5, 0.6) is 0 Å². The first-order valence-corrected chi connectivity index (χ1v) is 9.80. The molecule has 0 radical (unpaired) electrons. The van der Waals surface area contributed by atoms with Crippen LogP contribution in [0.3, 0.4) is 0 Å². The second-order valence-electron chi connectivity index (χ2n) is 6.68. The average molecular weight is 378 g/mol. The quantitative estimate of drug-likeness (QED) is 0.578. The van der Waals surface area contributed by atoms with E-state index in [0.717, 1.165) is 47.5 Å². The van der Waals surface area contributed by atoms with Crippen LogP contribution in [0, 0.1) is 0 Å². The Labute approximate surface area is 159 Å². The Morgan fingerprint density at radius 1 is 1.19 bits per heavy atom. The van der Waals surface area contributed by atoms with E-state index in [1.54, 1.807) is 18.6 Å². The normalized spacial score (nSPS) is 14.9. The minimum Gasteiger partial charge on any atom is -0.397 e. The van der Waals surface area contributed by atoms with Gasteiger partial charge in [0.15, 0.2) is 5.65 Å². The lowest BCUT2D eigenvalue weighted by molar-refractivity contribution is 0.0730. The average Bonchev–Trinajstić information content (AvgIpc) is 3.33. The number of nitrogens with zero attached hydrogens (tertiary/aromatic N) is 5. The topological polar surface area (TPSA) is 89.4 Å². The molecule has 0 aliphatic carbocycles. The third-order valence-corrected chi connectivity index (χ3v) is 6.07. The first kappa shape index (κ1) is 16.2. The fourth-order valence-electron chi connectivity index (χ4n) is 3.63. The van der Waals surface area contributed by atoms with Crippen LogP contribution in [-0.2, 0) is 0 Å². The molecule has 7 nitrogen and oxygen atoms in total. The van der Waals surface area contributed by atoms with Crippen molar-refractivity contribution in [3.05, 3.63) is 41.8 Å². The van der Waals surface area contributed by atoms with Gasteiger partial charge >= 0.3 is 0 Å². The fraction of sp³-hybridized carbons (Fsp3) is 0.263. The molecule has 0 atom stereocenters. The summed E-state index contributed by atoms with van der Waals surface area (Å²) in [7, 11) is 0. The summed E-state index contributed by atoms with van der Waals surface area (Å²) in [6.07, 6.45) is 10.3. The summed E-state index contributed by atoms with van der Waals surface area (Å²) < 4.78 is 1.90. The Balaban J connectivity index is 1.71. The van der Waals surface area contributed by atoms with Gasteiger partial charge in [0, 0.05) is 43.4 Å². The molecule has 1 amide bonds. The van der Waals surface area contributed by atoms with Crippen molar-refractivity contribution in [3.8, 4) is 11.4 Å². The van der Waals surface area contributed by atoms with E-state index in [4.69, 9.17) is 10.7 Å². The maximum Gasteiger partial charge on any atom is 0.266 e. The number of fused-ring (bicyclic) bond motifs is 3. The van der Waals surface area contributed by atoms with E-state index in [2.05, 4.69) is 9.97 Å². The highest BCUT2D eigenvalue weighted by atomic mass is 32.1. The molecule has 5 heterocycles. The van der Waals surface area contributed by atoms with Crippen molar-refractivity contribution >= 4 is 38.8 Å². The molecule has 136 valence electrons. The molecule has 8 heteroatoms. The van der Waals surface area contributed by atoms with E-state index in [9.17, 15) is 4.79 Å². The van der Waals surface area contributed by atoms with Crippen LogP contribution in [0.4, 0.5) is 5.69 Å². The lowest BCUT2D eigenvalue weighted by Crippen LogP contribution is -2.35. The summed E-state index contributed by atoms with van der Waals surface area (Å²) in [6, 6.07) is 3.83. The van der Waals surface area contributed by atoms with Gasteiger partial charge in [-0.2, -0.15) is 0 Å². The fourth-order valence-corrected chi connectivity index (χ4v) is 4.69. The number of rotatable bonds is 2. The molecule has 0 bridgehead atoms. The summed E-state index contributed by atoms with van der Waals surface area (Å²) >= 11 is 1.35. The number of imidazole rings is 1. The highest BCUT2D eigenvalue weighted by Gasteiger charge is 2.26. The smallest absolute Gasteiger partial charge is 0.266 e. The van der Waals surface area contributed by atoms with Gasteiger partial charge in [0.2, 0.25) is 0 Å². The highest BCUT2D eigenvalue weighted by Crippen LogP contribution is 2.37. The third-order valence-electron chi connectivity index (χ3n) is 4.98. The SMILES string of the molecule is Nc1c(C(=O)N2CCCCC2)sc2nc(-c3cccnc3)n3ccnc3c12. The number of thiophene rings is 1. The van der Waals surface area contributed by atoms with Gasteiger partial charge in [0.1, 0.15) is 15.5 Å². The second-order valence-corrected chi connectivity index (χ2v) is 7.67. The van der Waals surface area contributed by atoms with E-state index in [1.165, 1.54) is 17.8 Å². The van der Waals surface area contributed by atoms with Crippen LogP contribution in [0.25, 0.3) is 27.3 Å². The lowest BCUT2D eigenvalue weighted by Gasteiger charge is -2.26. The molecule has 0 unspecified atom stereocenters. The molecule has 0 spiro atoms. The van der Waals surface area contributed by atoms with Crippen molar-refractivity contribution in [2.24, 2.45) is 0 Å². The third kappa shape index (κ3) is 2.56. The summed E-state index contributed by atoms with van der Waals surface area (Å²) in [4.78, 5) is 29.7. The van der Waals surface area contributed by atoms with E-state index in [0.29, 0.717) is 16.2 Å². The van der Waals surface area contributed by atoms with Crippen LogP contribution < -0.4 is 5.73 Å². The van der Waals surface area contributed by atoms with Gasteiger partial charge in [0.25, 0.3) is 5.91 Å². The largest absolute Gasteiger partial charge is 0.397 e. The molecule has 2 N–H and O–H groups in total. The number of nitrogens with two attached hydrogens (primary N) is 1. The minimum atomic E-state index is 0.00262. The first-order chi connectivity index (χ1) is 13.2. The number of nitrogen functional groups attached to an aromatic ring is 1. The Hall–Kier alpha value is -3.00. The van der Waals surface area contributed by atoms with E-state index < -0.39 is 0 Å². The van der Waals surface area contributed by atoms with Crippen LogP contribution in [0.2, 0.25) is 0 Å². The van der Waals surface area contributed by atoms with Crippen molar-refractivity contribution in [2.45, 2.75) is 19.3 Å². The molecule has 1 aliphatic rings. The number of hydrogen-bond acceptors (Lipinski definition) is 6. The molecule has 27 heavy (non-hydrogen) atoms. The number of carbonyl (C=O) groups excluding carboxylic acids is 1. The zero-order chi connectivity index (χ0) is 18.4. The Morgan fingerprint density at radius 2 is 2.04 bits per heavy atom. The van der Waals surface area contributed by atoms with Crippen molar-refractivity contribution in [1.82, 2.24) is 24.3 Å². The van der Waals surface area contributed by atoms with E-state index in [-0.39, 0.29) is 5.91 Å². The number of amides is 1. The van der Waals surface area contributed by atoms with Gasteiger partial charge in [-0.05, 0) is 31.4 Å². The minimum absolute atomic E-state index is 0.00262. The van der Waals surface area contributed by atoms with Crippen LogP contribution in [0.15, 0.2) is 36.9 Å².